The number of carbonyl (C=O) groups excluding carboxylic acids is 2. The van der Waals surface area contributed by atoms with Crippen LogP contribution in [0.5, 0.6) is 0 Å². The van der Waals surface area contributed by atoms with Gasteiger partial charge in [0.25, 0.3) is 5.91 Å². The lowest BCUT2D eigenvalue weighted by molar-refractivity contribution is -0.121. The first-order chi connectivity index (χ1) is 12.1. The predicted molar refractivity (Wildman–Crippen MR) is 100 cm³/mol. The fraction of sp³-hybridized carbons (Fsp3) is 0.600. The van der Waals surface area contributed by atoms with Gasteiger partial charge in [0.2, 0.25) is 5.91 Å². The van der Waals surface area contributed by atoms with Gasteiger partial charge in [-0.2, -0.15) is 0 Å². The Bertz CT molecular complexity index is 547. The number of amides is 2. The molecule has 25 heavy (non-hydrogen) atoms. The van der Waals surface area contributed by atoms with Crippen molar-refractivity contribution in [3.05, 3.63) is 35.4 Å². The molecule has 2 amide bonds. The first kappa shape index (κ1) is 19.4. The largest absolute Gasteiger partial charge is 0.352 e. The maximum absolute atomic E-state index is 12.3. The number of hydrogen-bond acceptors (Lipinski definition) is 3. The lowest BCUT2D eigenvalue weighted by Gasteiger charge is -2.22. The first-order valence-electron chi connectivity index (χ1n) is 9.49. The van der Waals surface area contributed by atoms with Gasteiger partial charge in [0, 0.05) is 31.6 Å². The zero-order chi connectivity index (χ0) is 18.1. The summed E-state index contributed by atoms with van der Waals surface area (Å²) in [7, 11) is 0. The van der Waals surface area contributed by atoms with E-state index in [1.807, 2.05) is 38.1 Å². The highest BCUT2D eigenvalue weighted by atomic mass is 16.2. The van der Waals surface area contributed by atoms with Crippen LogP contribution in [0, 0.1) is 5.92 Å². The van der Waals surface area contributed by atoms with Gasteiger partial charge >= 0.3 is 0 Å². The molecular formula is C20H31N3O2. The molecule has 1 fully saturated rings. The summed E-state index contributed by atoms with van der Waals surface area (Å²) in [5.74, 6) is 0.849. The predicted octanol–water partition coefficient (Wildman–Crippen LogP) is 2.56. The van der Waals surface area contributed by atoms with Crippen LogP contribution in [0.3, 0.4) is 0 Å². The topological polar surface area (TPSA) is 61.4 Å². The fourth-order valence-electron chi connectivity index (χ4n) is 3.25. The van der Waals surface area contributed by atoms with Gasteiger partial charge in [-0.3, -0.25) is 9.59 Å². The van der Waals surface area contributed by atoms with Crippen molar-refractivity contribution in [2.24, 2.45) is 5.92 Å². The summed E-state index contributed by atoms with van der Waals surface area (Å²) in [5.41, 5.74) is 1.72. The fourth-order valence-corrected chi connectivity index (χ4v) is 3.25. The number of nitrogens with zero attached hydrogens (tertiary/aromatic N) is 1. The van der Waals surface area contributed by atoms with Crippen molar-refractivity contribution >= 4 is 11.8 Å². The third-order valence-electron chi connectivity index (χ3n) is 4.98. The Kier molecular flexibility index (Phi) is 7.92. The minimum Gasteiger partial charge on any atom is -0.352 e. The van der Waals surface area contributed by atoms with E-state index in [-0.39, 0.29) is 11.8 Å². The Balaban J connectivity index is 1.75. The molecule has 2 rings (SSSR count). The van der Waals surface area contributed by atoms with E-state index in [9.17, 15) is 9.59 Å². The van der Waals surface area contributed by atoms with Crippen molar-refractivity contribution in [1.29, 1.82) is 0 Å². The van der Waals surface area contributed by atoms with Gasteiger partial charge < -0.3 is 15.5 Å². The molecule has 1 aliphatic heterocycles. The number of rotatable bonds is 8. The van der Waals surface area contributed by atoms with E-state index in [0.29, 0.717) is 37.5 Å². The Hall–Kier alpha value is -1.88. The number of carbonyl (C=O) groups is 2. The van der Waals surface area contributed by atoms with Crippen LogP contribution in [-0.2, 0) is 11.3 Å². The lowest BCUT2D eigenvalue weighted by atomic mass is 9.93. The minimum absolute atomic E-state index is 0.0579. The number of piperidine rings is 1. The summed E-state index contributed by atoms with van der Waals surface area (Å²) in [6.07, 6.45) is 3.93. The van der Waals surface area contributed by atoms with Gasteiger partial charge in [-0.15, -0.1) is 0 Å². The monoisotopic (exact) mass is 345 g/mol. The Morgan fingerprint density at radius 2 is 1.76 bits per heavy atom. The first-order valence-corrected chi connectivity index (χ1v) is 9.49. The van der Waals surface area contributed by atoms with Crippen molar-refractivity contribution in [3.8, 4) is 0 Å². The molecule has 0 aliphatic carbocycles. The normalized spacial score (nSPS) is 15.0. The summed E-state index contributed by atoms with van der Waals surface area (Å²) in [4.78, 5) is 26.1. The maximum Gasteiger partial charge on any atom is 0.253 e. The third kappa shape index (κ3) is 6.16. The highest BCUT2D eigenvalue weighted by molar-refractivity contribution is 5.94. The van der Waals surface area contributed by atoms with E-state index in [0.717, 1.165) is 25.1 Å². The van der Waals surface area contributed by atoms with Crippen LogP contribution in [0.15, 0.2) is 24.3 Å². The smallest absolute Gasteiger partial charge is 0.253 e. The molecule has 5 heteroatoms. The molecule has 1 aromatic rings. The second-order valence-electron chi connectivity index (χ2n) is 6.68. The Morgan fingerprint density at radius 1 is 1.12 bits per heavy atom. The van der Waals surface area contributed by atoms with E-state index in [1.54, 1.807) is 4.90 Å². The average Bonchev–Trinajstić information content (AvgIpc) is 2.67. The molecule has 1 aromatic carbocycles. The van der Waals surface area contributed by atoms with Crippen molar-refractivity contribution in [2.45, 2.75) is 46.1 Å². The summed E-state index contributed by atoms with van der Waals surface area (Å²) in [6, 6.07) is 7.53. The SMILES string of the molecule is CCN(CC)C(=O)c1ccc(CNC(=O)CCC2CCNCC2)cc1. The van der Waals surface area contributed by atoms with Gasteiger partial charge in [-0.25, -0.2) is 0 Å². The van der Waals surface area contributed by atoms with Gasteiger partial charge in [-0.05, 0) is 69.8 Å². The van der Waals surface area contributed by atoms with Crippen molar-refractivity contribution in [1.82, 2.24) is 15.5 Å². The van der Waals surface area contributed by atoms with Crippen LogP contribution >= 0.6 is 0 Å². The van der Waals surface area contributed by atoms with Gasteiger partial charge in [-0.1, -0.05) is 12.1 Å². The van der Waals surface area contributed by atoms with Crippen LogP contribution < -0.4 is 10.6 Å². The molecule has 0 saturated carbocycles. The van der Waals surface area contributed by atoms with Crippen LogP contribution in [0.4, 0.5) is 0 Å². The number of hydrogen-bond donors (Lipinski definition) is 2. The highest BCUT2D eigenvalue weighted by Gasteiger charge is 2.15. The third-order valence-corrected chi connectivity index (χ3v) is 4.98. The zero-order valence-electron chi connectivity index (χ0n) is 15.5. The van der Waals surface area contributed by atoms with Crippen molar-refractivity contribution < 1.29 is 9.59 Å². The molecular weight excluding hydrogens is 314 g/mol. The molecule has 1 heterocycles. The van der Waals surface area contributed by atoms with Crippen molar-refractivity contribution in [3.63, 3.8) is 0 Å². The van der Waals surface area contributed by atoms with Gasteiger partial charge in [0.15, 0.2) is 0 Å². The van der Waals surface area contributed by atoms with E-state index < -0.39 is 0 Å². The van der Waals surface area contributed by atoms with Crippen LogP contribution in [0.1, 0.15) is 55.5 Å². The zero-order valence-corrected chi connectivity index (χ0v) is 15.5. The molecule has 0 radical (unpaired) electrons. The molecule has 138 valence electrons. The van der Waals surface area contributed by atoms with E-state index in [4.69, 9.17) is 0 Å². The summed E-state index contributed by atoms with van der Waals surface area (Å²) in [6.45, 7) is 8.05. The highest BCUT2D eigenvalue weighted by Crippen LogP contribution is 2.17. The molecule has 0 spiro atoms. The van der Waals surface area contributed by atoms with E-state index in [1.165, 1.54) is 12.8 Å². The summed E-state index contributed by atoms with van der Waals surface area (Å²) in [5, 5.41) is 6.33. The van der Waals surface area contributed by atoms with E-state index in [2.05, 4.69) is 10.6 Å². The number of nitrogens with one attached hydrogen (secondary N) is 2. The van der Waals surface area contributed by atoms with Crippen LogP contribution in [0.25, 0.3) is 0 Å². The molecule has 1 aliphatic rings. The Labute approximate surface area is 151 Å². The van der Waals surface area contributed by atoms with Crippen molar-refractivity contribution in [2.75, 3.05) is 26.2 Å². The molecule has 2 N–H and O–H groups in total. The minimum atomic E-state index is 0.0579. The lowest BCUT2D eigenvalue weighted by Crippen LogP contribution is -2.30. The van der Waals surface area contributed by atoms with E-state index >= 15 is 0 Å². The molecule has 0 aromatic heterocycles. The second kappa shape index (κ2) is 10.2. The Morgan fingerprint density at radius 3 is 2.36 bits per heavy atom. The standard InChI is InChI=1S/C20H31N3O2/c1-3-23(4-2)20(25)18-8-5-17(6-9-18)15-22-19(24)10-7-16-11-13-21-14-12-16/h5-6,8-9,16,21H,3-4,7,10-15H2,1-2H3,(H,22,24). The summed E-state index contributed by atoms with van der Waals surface area (Å²) < 4.78 is 0. The molecule has 1 saturated heterocycles. The van der Waals surface area contributed by atoms with Gasteiger partial charge in [0.05, 0.1) is 0 Å². The molecule has 0 atom stereocenters. The molecule has 0 unspecified atom stereocenters. The molecule has 5 nitrogen and oxygen atoms in total. The second-order valence-corrected chi connectivity index (χ2v) is 6.68. The van der Waals surface area contributed by atoms with Crippen LogP contribution in [-0.4, -0.2) is 42.9 Å². The maximum atomic E-state index is 12.3. The number of benzene rings is 1. The quantitative estimate of drug-likeness (QED) is 0.761. The average molecular weight is 345 g/mol. The van der Waals surface area contributed by atoms with Gasteiger partial charge in [0.1, 0.15) is 0 Å². The van der Waals surface area contributed by atoms with Crippen LogP contribution in [0.2, 0.25) is 0 Å². The summed E-state index contributed by atoms with van der Waals surface area (Å²) >= 11 is 0. The molecule has 0 bridgehead atoms.